The number of aryl methyl sites for hydroxylation is 2. The molecule has 5 nitrogen and oxygen atoms in total. The monoisotopic (exact) mass is 286 g/mol. The van der Waals surface area contributed by atoms with Crippen molar-refractivity contribution in [3.05, 3.63) is 47.8 Å². The molecule has 0 saturated carbocycles. The second kappa shape index (κ2) is 7.04. The van der Waals surface area contributed by atoms with Crippen LogP contribution in [-0.2, 0) is 24.8 Å². The summed E-state index contributed by atoms with van der Waals surface area (Å²) in [7, 11) is 3.82. The van der Waals surface area contributed by atoms with Crippen LogP contribution in [0.15, 0.2) is 36.7 Å². The highest BCUT2D eigenvalue weighted by Crippen LogP contribution is 2.15. The Labute approximate surface area is 125 Å². The van der Waals surface area contributed by atoms with Gasteiger partial charge < -0.3 is 5.32 Å². The highest BCUT2D eigenvalue weighted by atomic mass is 16.2. The van der Waals surface area contributed by atoms with Crippen LogP contribution < -0.4 is 5.32 Å². The molecule has 1 amide bonds. The summed E-state index contributed by atoms with van der Waals surface area (Å²) in [4.78, 5) is 14.1. The summed E-state index contributed by atoms with van der Waals surface area (Å²) < 4.78 is 1.76. The lowest BCUT2D eigenvalue weighted by molar-refractivity contribution is -0.117. The summed E-state index contributed by atoms with van der Waals surface area (Å²) in [5, 5.41) is 7.11. The highest BCUT2D eigenvalue weighted by Gasteiger charge is 2.09. The zero-order valence-electron chi connectivity index (χ0n) is 12.8. The molecule has 0 bridgehead atoms. The predicted octanol–water partition coefficient (Wildman–Crippen LogP) is 2.05. The van der Waals surface area contributed by atoms with Crippen molar-refractivity contribution < 1.29 is 4.79 Å². The van der Waals surface area contributed by atoms with Gasteiger partial charge in [0.2, 0.25) is 5.91 Å². The average Bonchev–Trinajstić information content (AvgIpc) is 2.84. The first-order valence-electron chi connectivity index (χ1n) is 7.12. The van der Waals surface area contributed by atoms with Gasteiger partial charge in [0.15, 0.2) is 0 Å². The molecule has 0 aliphatic rings. The largest absolute Gasteiger partial charge is 0.325 e. The SMILES string of the molecule is CCc1ccccc1NC(=O)CN(C)Cc1cnn(C)c1. The van der Waals surface area contributed by atoms with Crippen molar-refractivity contribution in [3.8, 4) is 0 Å². The summed E-state index contributed by atoms with van der Waals surface area (Å²) in [6, 6.07) is 7.91. The smallest absolute Gasteiger partial charge is 0.238 e. The molecule has 1 aromatic carbocycles. The molecule has 0 radical (unpaired) electrons. The quantitative estimate of drug-likeness (QED) is 0.884. The predicted molar refractivity (Wildman–Crippen MR) is 84.0 cm³/mol. The molecule has 2 aromatic rings. The number of anilines is 1. The maximum Gasteiger partial charge on any atom is 0.238 e. The van der Waals surface area contributed by atoms with E-state index in [1.807, 2.05) is 55.7 Å². The van der Waals surface area contributed by atoms with E-state index in [-0.39, 0.29) is 5.91 Å². The average molecular weight is 286 g/mol. The van der Waals surface area contributed by atoms with E-state index in [2.05, 4.69) is 17.3 Å². The first-order chi connectivity index (χ1) is 10.1. The van der Waals surface area contributed by atoms with E-state index in [1.54, 1.807) is 4.68 Å². The van der Waals surface area contributed by atoms with Crippen molar-refractivity contribution in [1.29, 1.82) is 0 Å². The van der Waals surface area contributed by atoms with Gasteiger partial charge in [0.1, 0.15) is 0 Å². The summed E-state index contributed by atoms with van der Waals surface area (Å²) in [5.41, 5.74) is 3.15. The van der Waals surface area contributed by atoms with Crippen molar-refractivity contribution in [2.45, 2.75) is 19.9 Å². The minimum atomic E-state index is 0.00212. The van der Waals surface area contributed by atoms with E-state index in [1.165, 1.54) is 0 Å². The number of hydrogen-bond donors (Lipinski definition) is 1. The number of hydrogen-bond acceptors (Lipinski definition) is 3. The van der Waals surface area contributed by atoms with Gasteiger partial charge in [-0.25, -0.2) is 0 Å². The molecule has 112 valence electrons. The molecular formula is C16H22N4O. The second-order valence-electron chi connectivity index (χ2n) is 5.25. The van der Waals surface area contributed by atoms with Crippen LogP contribution in [0.3, 0.4) is 0 Å². The number of amides is 1. The Morgan fingerprint density at radius 2 is 2.14 bits per heavy atom. The molecule has 5 heteroatoms. The van der Waals surface area contributed by atoms with E-state index in [4.69, 9.17) is 0 Å². The van der Waals surface area contributed by atoms with Crippen molar-refractivity contribution in [1.82, 2.24) is 14.7 Å². The second-order valence-corrected chi connectivity index (χ2v) is 5.25. The molecule has 1 heterocycles. The highest BCUT2D eigenvalue weighted by molar-refractivity contribution is 5.92. The lowest BCUT2D eigenvalue weighted by Crippen LogP contribution is -2.30. The summed E-state index contributed by atoms with van der Waals surface area (Å²) in [6.45, 7) is 3.14. The maximum absolute atomic E-state index is 12.1. The number of likely N-dealkylation sites (N-methyl/N-ethyl adjacent to an activating group) is 1. The molecule has 0 fully saturated rings. The van der Waals surface area contributed by atoms with Crippen molar-refractivity contribution in [2.24, 2.45) is 7.05 Å². The van der Waals surface area contributed by atoms with Crippen LogP contribution in [0.1, 0.15) is 18.1 Å². The normalized spacial score (nSPS) is 10.9. The number of nitrogens with one attached hydrogen (secondary N) is 1. The molecule has 1 N–H and O–H groups in total. The lowest BCUT2D eigenvalue weighted by atomic mass is 10.1. The third-order valence-corrected chi connectivity index (χ3v) is 3.30. The standard InChI is InChI=1S/C16H22N4O/c1-4-14-7-5-6-8-15(14)18-16(21)12-19(2)10-13-9-17-20(3)11-13/h5-9,11H,4,10,12H2,1-3H3,(H,18,21). The number of benzene rings is 1. The van der Waals surface area contributed by atoms with Crippen molar-refractivity contribution in [3.63, 3.8) is 0 Å². The Morgan fingerprint density at radius 3 is 2.81 bits per heavy atom. The molecule has 0 atom stereocenters. The molecule has 1 aromatic heterocycles. The Hall–Kier alpha value is -2.14. The van der Waals surface area contributed by atoms with Crippen molar-refractivity contribution in [2.75, 3.05) is 18.9 Å². The molecule has 0 aliphatic carbocycles. The van der Waals surface area contributed by atoms with Crippen molar-refractivity contribution >= 4 is 11.6 Å². The van der Waals surface area contributed by atoms with Crippen LogP contribution in [0.2, 0.25) is 0 Å². The van der Waals surface area contributed by atoms with Gasteiger partial charge in [-0.15, -0.1) is 0 Å². The third-order valence-electron chi connectivity index (χ3n) is 3.30. The molecule has 2 rings (SSSR count). The Morgan fingerprint density at radius 1 is 1.38 bits per heavy atom. The molecule has 0 aliphatic heterocycles. The van der Waals surface area contributed by atoms with E-state index in [0.29, 0.717) is 13.1 Å². The van der Waals surface area contributed by atoms with Crippen LogP contribution in [0.4, 0.5) is 5.69 Å². The molecule has 0 spiro atoms. The summed E-state index contributed by atoms with van der Waals surface area (Å²) in [5.74, 6) is 0.00212. The zero-order valence-corrected chi connectivity index (χ0v) is 12.8. The fraction of sp³-hybridized carbons (Fsp3) is 0.375. The van der Waals surface area contributed by atoms with Gasteiger partial charge >= 0.3 is 0 Å². The lowest BCUT2D eigenvalue weighted by Gasteiger charge is -2.16. The van der Waals surface area contributed by atoms with Crippen LogP contribution in [0.25, 0.3) is 0 Å². The van der Waals surface area contributed by atoms with Gasteiger partial charge in [0.05, 0.1) is 12.7 Å². The van der Waals surface area contributed by atoms with Gasteiger partial charge in [-0.2, -0.15) is 5.10 Å². The Balaban J connectivity index is 1.89. The Bertz CT molecular complexity index is 606. The number of carbonyl (C=O) groups is 1. The fourth-order valence-corrected chi connectivity index (χ4v) is 2.31. The third kappa shape index (κ3) is 4.43. The van der Waals surface area contributed by atoms with Gasteiger partial charge in [0, 0.05) is 31.0 Å². The van der Waals surface area contributed by atoms with Crippen LogP contribution in [0, 0.1) is 0 Å². The summed E-state index contributed by atoms with van der Waals surface area (Å²) in [6.07, 6.45) is 4.68. The number of para-hydroxylation sites is 1. The van der Waals surface area contributed by atoms with Gasteiger partial charge in [-0.3, -0.25) is 14.4 Å². The maximum atomic E-state index is 12.1. The minimum Gasteiger partial charge on any atom is -0.325 e. The van der Waals surface area contributed by atoms with Gasteiger partial charge in [-0.05, 0) is 25.1 Å². The van der Waals surface area contributed by atoms with E-state index < -0.39 is 0 Å². The number of carbonyl (C=O) groups excluding carboxylic acids is 1. The molecule has 0 unspecified atom stereocenters. The topological polar surface area (TPSA) is 50.2 Å². The van der Waals surface area contributed by atoms with E-state index >= 15 is 0 Å². The van der Waals surface area contributed by atoms with Crippen LogP contribution in [0.5, 0.6) is 0 Å². The number of aromatic nitrogens is 2. The van der Waals surface area contributed by atoms with Gasteiger partial charge in [0.25, 0.3) is 0 Å². The summed E-state index contributed by atoms with van der Waals surface area (Å²) >= 11 is 0. The van der Waals surface area contributed by atoms with Gasteiger partial charge in [-0.1, -0.05) is 25.1 Å². The number of rotatable bonds is 6. The minimum absolute atomic E-state index is 0.00212. The first kappa shape index (κ1) is 15.3. The zero-order chi connectivity index (χ0) is 15.2. The first-order valence-corrected chi connectivity index (χ1v) is 7.12. The van der Waals surface area contributed by atoms with Crippen LogP contribution in [-0.4, -0.2) is 34.2 Å². The van der Waals surface area contributed by atoms with E-state index in [0.717, 1.165) is 23.2 Å². The Kier molecular flexibility index (Phi) is 5.11. The fourth-order valence-electron chi connectivity index (χ4n) is 2.31. The molecule has 0 saturated heterocycles. The van der Waals surface area contributed by atoms with E-state index in [9.17, 15) is 4.79 Å². The molecule has 21 heavy (non-hydrogen) atoms. The molecular weight excluding hydrogens is 264 g/mol. The van der Waals surface area contributed by atoms with Crippen LogP contribution >= 0.6 is 0 Å². The number of nitrogens with zero attached hydrogens (tertiary/aromatic N) is 3.